The van der Waals surface area contributed by atoms with Crippen molar-refractivity contribution in [2.75, 3.05) is 0 Å². The second-order valence-corrected chi connectivity index (χ2v) is 8.02. The second-order valence-electron chi connectivity index (χ2n) is 7.21. The van der Waals surface area contributed by atoms with Crippen LogP contribution in [0.25, 0.3) is 11.0 Å². The maximum atomic E-state index is 13.3. The Kier molecular flexibility index (Phi) is 6.20. The summed E-state index contributed by atoms with van der Waals surface area (Å²) < 4.78 is 15.2. The number of amides is 1. The van der Waals surface area contributed by atoms with E-state index in [0.717, 1.165) is 11.1 Å². The number of benzene rings is 2. The van der Waals surface area contributed by atoms with Crippen molar-refractivity contribution in [2.45, 2.75) is 25.9 Å². The minimum atomic E-state index is -0.556. The Hall–Kier alpha value is -2.96. The van der Waals surface area contributed by atoms with Gasteiger partial charge in [0.2, 0.25) is 5.91 Å². The number of fused-ring (bicyclic) bond motifs is 1. The van der Waals surface area contributed by atoms with Crippen molar-refractivity contribution in [3.05, 3.63) is 93.7 Å². The zero-order chi connectivity index (χ0) is 22.0. The molecule has 0 fully saturated rings. The van der Waals surface area contributed by atoms with Crippen LogP contribution in [0.2, 0.25) is 10.0 Å². The number of halogens is 3. The molecule has 0 bridgehead atoms. The Morgan fingerprint density at radius 2 is 1.74 bits per heavy atom. The van der Waals surface area contributed by atoms with E-state index in [0.29, 0.717) is 39.9 Å². The summed E-state index contributed by atoms with van der Waals surface area (Å²) in [4.78, 5) is 21.7. The van der Waals surface area contributed by atoms with Gasteiger partial charge in [0.05, 0.1) is 21.1 Å². The normalized spacial score (nSPS) is 12.1. The molecule has 4 rings (SSSR count). The molecule has 0 spiro atoms. The molecule has 0 radical (unpaired) electrons. The zero-order valence-electron chi connectivity index (χ0n) is 16.6. The van der Waals surface area contributed by atoms with E-state index in [2.05, 4.69) is 10.3 Å². The topological polar surface area (TPSA) is 59.8 Å². The van der Waals surface area contributed by atoms with Gasteiger partial charge in [-0.15, -0.1) is 0 Å². The summed E-state index contributed by atoms with van der Waals surface area (Å²) in [6, 6.07) is 12.7. The largest absolute Gasteiger partial charge is 0.350 e. The van der Waals surface area contributed by atoms with Gasteiger partial charge >= 0.3 is 0 Å². The number of carbonyl (C=O) groups excluding carboxylic acids is 1. The maximum absolute atomic E-state index is 13.3. The molecule has 2 heterocycles. The number of carbonyl (C=O) groups is 1. The Balaban J connectivity index is 1.68. The molecular weight excluding hydrogens is 438 g/mol. The van der Waals surface area contributed by atoms with Gasteiger partial charge in [-0.1, -0.05) is 35.3 Å². The Morgan fingerprint density at radius 3 is 2.45 bits per heavy atom. The van der Waals surface area contributed by atoms with Crippen molar-refractivity contribution in [1.29, 1.82) is 0 Å². The smallest absolute Gasteiger partial charge is 0.243 e. The number of aromatic nitrogens is 3. The van der Waals surface area contributed by atoms with Gasteiger partial charge < -0.3 is 9.88 Å². The number of pyridine rings is 1. The first kappa shape index (κ1) is 21.3. The predicted molar refractivity (Wildman–Crippen MR) is 120 cm³/mol. The summed E-state index contributed by atoms with van der Waals surface area (Å²) in [6.07, 6.45) is 3.79. The van der Waals surface area contributed by atoms with E-state index in [1.807, 2.05) is 16.7 Å². The van der Waals surface area contributed by atoms with Crippen molar-refractivity contribution in [3.8, 4) is 0 Å². The molecule has 0 aliphatic carbocycles. The molecule has 1 atom stereocenters. The van der Waals surface area contributed by atoms with Crippen molar-refractivity contribution in [2.24, 2.45) is 0 Å². The molecule has 0 aliphatic rings. The lowest BCUT2D eigenvalue weighted by Gasteiger charge is -2.18. The summed E-state index contributed by atoms with van der Waals surface area (Å²) in [5.41, 5.74) is 3.17. The van der Waals surface area contributed by atoms with Gasteiger partial charge in [-0.3, -0.25) is 9.78 Å². The van der Waals surface area contributed by atoms with Crippen LogP contribution in [0, 0.1) is 5.82 Å². The standard InChI is InChI=1S/C23H19Cl2FN4O/c1-14(23(31)28-13-16-6-8-27-9-7-16)30-21-12-19(25)18(24)11-20(21)29-22(30)10-15-2-4-17(26)5-3-15/h2-9,11-12,14H,10,13H2,1H3,(H,28,31)/t14-/m0/s1. The summed E-state index contributed by atoms with van der Waals surface area (Å²) in [7, 11) is 0. The second kappa shape index (κ2) is 9.04. The van der Waals surface area contributed by atoms with Crippen LogP contribution >= 0.6 is 23.2 Å². The number of imidazole rings is 1. The molecule has 4 aromatic rings. The predicted octanol–water partition coefficient (Wildman–Crippen LogP) is 5.35. The van der Waals surface area contributed by atoms with Crippen LogP contribution in [-0.2, 0) is 17.8 Å². The molecule has 31 heavy (non-hydrogen) atoms. The molecule has 0 saturated carbocycles. The fraction of sp³-hybridized carbons (Fsp3) is 0.174. The molecule has 2 aromatic heterocycles. The minimum Gasteiger partial charge on any atom is -0.350 e. The number of hydrogen-bond acceptors (Lipinski definition) is 3. The zero-order valence-corrected chi connectivity index (χ0v) is 18.2. The average molecular weight is 457 g/mol. The molecule has 5 nitrogen and oxygen atoms in total. The summed E-state index contributed by atoms with van der Waals surface area (Å²) >= 11 is 12.4. The van der Waals surface area contributed by atoms with Crippen molar-refractivity contribution in [3.63, 3.8) is 0 Å². The lowest BCUT2D eigenvalue weighted by Crippen LogP contribution is -2.31. The van der Waals surface area contributed by atoms with Crippen molar-refractivity contribution >= 4 is 40.1 Å². The van der Waals surface area contributed by atoms with Gasteiger partial charge in [0.25, 0.3) is 0 Å². The van der Waals surface area contributed by atoms with Crippen LogP contribution in [-0.4, -0.2) is 20.4 Å². The first-order valence-electron chi connectivity index (χ1n) is 9.69. The lowest BCUT2D eigenvalue weighted by atomic mass is 10.1. The Bertz CT molecular complexity index is 1230. The van der Waals surface area contributed by atoms with Crippen LogP contribution in [0.5, 0.6) is 0 Å². The highest BCUT2D eigenvalue weighted by Gasteiger charge is 2.22. The third kappa shape index (κ3) is 4.70. The van der Waals surface area contributed by atoms with Crippen LogP contribution in [0.4, 0.5) is 4.39 Å². The van der Waals surface area contributed by atoms with Crippen LogP contribution in [0.15, 0.2) is 60.9 Å². The Labute approximate surface area is 188 Å². The first-order valence-corrected chi connectivity index (χ1v) is 10.4. The fourth-order valence-corrected chi connectivity index (χ4v) is 3.75. The highest BCUT2D eigenvalue weighted by Crippen LogP contribution is 2.31. The molecule has 1 amide bonds. The number of nitrogens with one attached hydrogen (secondary N) is 1. The van der Waals surface area contributed by atoms with Crippen molar-refractivity contribution < 1.29 is 9.18 Å². The van der Waals surface area contributed by atoms with Gasteiger partial charge in [-0.25, -0.2) is 9.37 Å². The Morgan fingerprint density at radius 1 is 1.06 bits per heavy atom. The van der Waals surface area contributed by atoms with Crippen molar-refractivity contribution in [1.82, 2.24) is 19.9 Å². The number of hydrogen-bond donors (Lipinski definition) is 1. The van der Waals surface area contributed by atoms with E-state index in [1.165, 1.54) is 12.1 Å². The highest BCUT2D eigenvalue weighted by atomic mass is 35.5. The highest BCUT2D eigenvalue weighted by molar-refractivity contribution is 6.42. The van der Waals surface area contributed by atoms with Crippen LogP contribution in [0.3, 0.4) is 0 Å². The molecule has 2 aromatic carbocycles. The first-order chi connectivity index (χ1) is 14.9. The SMILES string of the molecule is C[C@@H](C(=O)NCc1ccncc1)n1c(Cc2ccc(F)cc2)nc2cc(Cl)c(Cl)cc21. The lowest BCUT2D eigenvalue weighted by molar-refractivity contribution is -0.124. The monoisotopic (exact) mass is 456 g/mol. The van der Waals surface area contributed by atoms with E-state index in [-0.39, 0.29) is 11.7 Å². The maximum Gasteiger partial charge on any atom is 0.243 e. The van der Waals surface area contributed by atoms with E-state index < -0.39 is 6.04 Å². The quantitative estimate of drug-likeness (QED) is 0.425. The summed E-state index contributed by atoms with van der Waals surface area (Å²) in [5.74, 6) is 0.189. The average Bonchev–Trinajstić information content (AvgIpc) is 3.10. The van der Waals surface area contributed by atoms with Gasteiger partial charge in [0.15, 0.2) is 0 Å². The number of rotatable bonds is 6. The van der Waals surface area contributed by atoms with Crippen LogP contribution in [0.1, 0.15) is 29.9 Å². The molecular formula is C23H19Cl2FN4O. The summed E-state index contributed by atoms with van der Waals surface area (Å²) in [6.45, 7) is 2.19. The molecule has 0 unspecified atom stereocenters. The van der Waals surface area contributed by atoms with Gasteiger partial charge in [0.1, 0.15) is 17.7 Å². The minimum absolute atomic E-state index is 0.164. The van der Waals surface area contributed by atoms with E-state index in [9.17, 15) is 9.18 Å². The molecule has 0 saturated heterocycles. The molecule has 8 heteroatoms. The van der Waals surface area contributed by atoms with E-state index in [4.69, 9.17) is 28.2 Å². The van der Waals surface area contributed by atoms with Gasteiger partial charge in [-0.2, -0.15) is 0 Å². The van der Waals surface area contributed by atoms with Crippen LogP contribution < -0.4 is 5.32 Å². The number of nitrogens with zero attached hydrogens (tertiary/aromatic N) is 3. The van der Waals surface area contributed by atoms with E-state index in [1.54, 1.807) is 43.6 Å². The molecule has 158 valence electrons. The molecule has 0 aliphatic heterocycles. The fourth-order valence-electron chi connectivity index (χ4n) is 3.44. The van der Waals surface area contributed by atoms with Gasteiger partial charge in [-0.05, 0) is 54.4 Å². The third-order valence-corrected chi connectivity index (χ3v) is 5.79. The third-order valence-electron chi connectivity index (χ3n) is 5.06. The van der Waals surface area contributed by atoms with Gasteiger partial charge in [0, 0.05) is 25.4 Å². The summed E-state index contributed by atoms with van der Waals surface area (Å²) in [5, 5.41) is 3.73. The van der Waals surface area contributed by atoms with E-state index >= 15 is 0 Å². The molecule has 1 N–H and O–H groups in total.